The van der Waals surface area contributed by atoms with Crippen LogP contribution in [0.2, 0.25) is 0 Å². The Kier molecular flexibility index (Phi) is 4.81. The lowest BCUT2D eigenvalue weighted by Crippen LogP contribution is -2.50. The number of carboxylic acids is 1. The summed E-state index contributed by atoms with van der Waals surface area (Å²) < 4.78 is 6.14. The number of hydrogen-bond donors (Lipinski definition) is 1. The van der Waals surface area contributed by atoms with Gasteiger partial charge in [0.1, 0.15) is 6.10 Å². The number of ether oxygens (including phenoxy) is 1. The second-order valence-electron chi connectivity index (χ2n) is 10.2. The average molecular weight is 363 g/mol. The van der Waals surface area contributed by atoms with Crippen molar-refractivity contribution in [3.8, 4) is 0 Å². The minimum atomic E-state index is -1.46. The molecule has 0 aromatic heterocycles. The Hall–Kier alpha value is -1.06. The van der Waals surface area contributed by atoms with Gasteiger partial charge in [-0.1, -0.05) is 25.7 Å². The molecule has 6 aliphatic rings. The molecule has 0 aromatic carbocycles. The number of carboxylic acid groups (broad SMARTS) is 1. The van der Waals surface area contributed by atoms with Crippen molar-refractivity contribution in [2.45, 2.75) is 84.2 Å². The van der Waals surface area contributed by atoms with Crippen LogP contribution in [0.3, 0.4) is 0 Å². The number of hydrogen-bond acceptors (Lipinski definition) is 3. The van der Waals surface area contributed by atoms with Gasteiger partial charge in [0, 0.05) is 0 Å². The van der Waals surface area contributed by atoms with Crippen molar-refractivity contribution in [3.63, 3.8) is 0 Å². The van der Waals surface area contributed by atoms with Crippen molar-refractivity contribution in [1.82, 2.24) is 0 Å². The van der Waals surface area contributed by atoms with E-state index in [4.69, 9.17) is 4.74 Å². The molecule has 146 valence electrons. The molecular formula is C22H34O4. The molecule has 6 fully saturated rings. The van der Waals surface area contributed by atoms with E-state index in [1.807, 2.05) is 0 Å². The summed E-state index contributed by atoms with van der Waals surface area (Å²) in [6, 6.07) is 0. The summed E-state index contributed by atoms with van der Waals surface area (Å²) in [5, 5.41) is 9.45. The first-order valence-electron chi connectivity index (χ1n) is 10.8. The third-order valence-corrected chi connectivity index (χ3v) is 8.34. The lowest BCUT2D eigenvalue weighted by Gasteiger charge is -2.52. The molecule has 2 atom stereocenters. The maximum atomic E-state index is 12.8. The zero-order chi connectivity index (χ0) is 18.5. The van der Waals surface area contributed by atoms with Crippen molar-refractivity contribution in [3.05, 3.63) is 0 Å². The number of carbonyl (C=O) groups excluding carboxylic acids is 1. The third-order valence-electron chi connectivity index (χ3n) is 8.34. The van der Waals surface area contributed by atoms with Crippen LogP contribution in [0, 0.1) is 40.9 Å². The molecule has 0 amide bonds. The zero-order valence-corrected chi connectivity index (χ0v) is 16.3. The highest BCUT2D eigenvalue weighted by molar-refractivity contribution is 5.98. The van der Waals surface area contributed by atoms with Crippen molar-refractivity contribution in [2.75, 3.05) is 0 Å². The van der Waals surface area contributed by atoms with Crippen LogP contribution in [-0.2, 0) is 14.3 Å². The Labute approximate surface area is 157 Å². The summed E-state index contributed by atoms with van der Waals surface area (Å²) in [5.74, 6) is 2.23. The van der Waals surface area contributed by atoms with Crippen LogP contribution in [-0.4, -0.2) is 23.1 Å². The van der Waals surface area contributed by atoms with E-state index in [0.717, 1.165) is 11.8 Å². The number of carbonyl (C=O) groups is 2. The van der Waals surface area contributed by atoms with Crippen molar-refractivity contribution in [2.24, 2.45) is 40.9 Å². The van der Waals surface area contributed by atoms with E-state index in [1.165, 1.54) is 78.1 Å². The summed E-state index contributed by atoms with van der Waals surface area (Å²) in [6.07, 6.45) is 12.7. The van der Waals surface area contributed by atoms with Gasteiger partial charge in [-0.25, -0.2) is 0 Å². The van der Waals surface area contributed by atoms with E-state index in [-0.39, 0.29) is 6.10 Å². The Morgan fingerprint density at radius 2 is 1.27 bits per heavy atom. The summed E-state index contributed by atoms with van der Waals surface area (Å²) in [4.78, 5) is 24.4. The quantitative estimate of drug-likeness (QED) is 0.570. The first-order chi connectivity index (χ1) is 12.4. The van der Waals surface area contributed by atoms with Crippen LogP contribution in [0.15, 0.2) is 0 Å². The van der Waals surface area contributed by atoms with Gasteiger partial charge in [-0.05, 0) is 87.9 Å². The first kappa shape index (κ1) is 18.3. The van der Waals surface area contributed by atoms with E-state index < -0.39 is 17.4 Å². The fourth-order valence-corrected chi connectivity index (χ4v) is 6.51. The van der Waals surface area contributed by atoms with Gasteiger partial charge < -0.3 is 9.84 Å². The van der Waals surface area contributed by atoms with Crippen LogP contribution in [0.5, 0.6) is 0 Å². The average Bonchev–Trinajstić information content (AvgIpc) is 2.67. The van der Waals surface area contributed by atoms with Gasteiger partial charge in [-0.2, -0.15) is 0 Å². The molecule has 26 heavy (non-hydrogen) atoms. The highest BCUT2D eigenvalue weighted by Gasteiger charge is 2.50. The van der Waals surface area contributed by atoms with Gasteiger partial charge in [0.2, 0.25) is 0 Å². The van der Waals surface area contributed by atoms with E-state index >= 15 is 0 Å². The van der Waals surface area contributed by atoms with Crippen molar-refractivity contribution >= 4 is 11.9 Å². The molecule has 0 aromatic rings. The fraction of sp³-hybridized carbons (Fsp3) is 0.909. The molecular weight excluding hydrogens is 328 g/mol. The summed E-state index contributed by atoms with van der Waals surface area (Å²) in [6.45, 7) is 2.96. The number of aliphatic carboxylic acids is 1. The summed E-state index contributed by atoms with van der Waals surface area (Å²) in [7, 11) is 0. The number of rotatable bonds is 5. The van der Waals surface area contributed by atoms with Gasteiger partial charge >= 0.3 is 11.9 Å². The molecule has 0 heterocycles. The van der Waals surface area contributed by atoms with Crippen LogP contribution >= 0.6 is 0 Å². The van der Waals surface area contributed by atoms with E-state index in [0.29, 0.717) is 23.7 Å². The van der Waals surface area contributed by atoms with Gasteiger partial charge in [0.15, 0.2) is 5.41 Å². The first-order valence-corrected chi connectivity index (χ1v) is 10.8. The Balaban J connectivity index is 1.57. The number of esters is 1. The molecule has 1 N–H and O–H groups in total. The van der Waals surface area contributed by atoms with Crippen molar-refractivity contribution < 1.29 is 19.4 Å². The van der Waals surface area contributed by atoms with Crippen LogP contribution in [0.4, 0.5) is 0 Å². The monoisotopic (exact) mass is 362 g/mol. The third kappa shape index (κ3) is 3.18. The van der Waals surface area contributed by atoms with E-state index in [1.54, 1.807) is 0 Å². The second kappa shape index (κ2) is 6.83. The van der Waals surface area contributed by atoms with Crippen LogP contribution in [0.25, 0.3) is 0 Å². The second-order valence-corrected chi connectivity index (χ2v) is 10.2. The van der Waals surface area contributed by atoms with Gasteiger partial charge in [0.25, 0.3) is 0 Å². The SMILES string of the molecule is CC(C)(C(=O)O)C(=O)OC(C1CC2CCC1CC2)C1CC2CCC1CC2. The molecule has 0 aliphatic heterocycles. The molecule has 2 unspecified atom stereocenters. The van der Waals surface area contributed by atoms with Gasteiger partial charge in [-0.3, -0.25) is 9.59 Å². The Morgan fingerprint density at radius 3 is 1.58 bits per heavy atom. The standard InChI is InChI=1S/C22H34O4/c1-22(2,20(23)24)21(25)26-19(17-11-13-3-7-15(17)8-4-13)18-12-14-5-9-16(18)10-6-14/h13-19H,3-12H2,1-2H3,(H,23,24). The Morgan fingerprint density at radius 1 is 0.846 bits per heavy atom. The Bertz CT molecular complexity index is 522. The largest absolute Gasteiger partial charge is 0.480 e. The smallest absolute Gasteiger partial charge is 0.323 e. The number of fused-ring (bicyclic) bond motifs is 6. The lowest BCUT2D eigenvalue weighted by molar-refractivity contribution is -0.182. The molecule has 6 rings (SSSR count). The van der Waals surface area contributed by atoms with Crippen molar-refractivity contribution in [1.29, 1.82) is 0 Å². The predicted octanol–water partition coefficient (Wildman–Crippen LogP) is 4.66. The highest BCUT2D eigenvalue weighted by Crippen LogP contribution is 2.53. The highest BCUT2D eigenvalue weighted by atomic mass is 16.5. The topological polar surface area (TPSA) is 63.6 Å². The fourth-order valence-electron chi connectivity index (χ4n) is 6.51. The molecule has 4 bridgehead atoms. The molecule has 4 nitrogen and oxygen atoms in total. The minimum Gasteiger partial charge on any atom is -0.480 e. The van der Waals surface area contributed by atoms with Crippen LogP contribution in [0.1, 0.15) is 78.1 Å². The maximum absolute atomic E-state index is 12.8. The molecule has 0 spiro atoms. The molecule has 0 radical (unpaired) electrons. The minimum absolute atomic E-state index is 0.0534. The molecule has 6 saturated carbocycles. The normalized spacial score (nSPS) is 40.2. The van der Waals surface area contributed by atoms with Gasteiger partial charge in [0.05, 0.1) is 0 Å². The predicted molar refractivity (Wildman–Crippen MR) is 98.4 cm³/mol. The summed E-state index contributed by atoms with van der Waals surface area (Å²) >= 11 is 0. The molecule has 0 saturated heterocycles. The van der Waals surface area contributed by atoms with Crippen LogP contribution < -0.4 is 0 Å². The summed E-state index contributed by atoms with van der Waals surface area (Å²) in [5.41, 5.74) is -1.46. The zero-order valence-electron chi connectivity index (χ0n) is 16.3. The molecule has 6 aliphatic carbocycles. The van der Waals surface area contributed by atoms with Gasteiger partial charge in [-0.15, -0.1) is 0 Å². The van der Waals surface area contributed by atoms with E-state index in [9.17, 15) is 14.7 Å². The molecule has 4 heteroatoms. The van der Waals surface area contributed by atoms with E-state index in [2.05, 4.69) is 0 Å². The maximum Gasteiger partial charge on any atom is 0.323 e. The lowest BCUT2D eigenvalue weighted by atomic mass is 9.56.